The first-order chi connectivity index (χ1) is 12.6. The van der Waals surface area contributed by atoms with Crippen LogP contribution >= 0.6 is 0 Å². The van der Waals surface area contributed by atoms with Crippen molar-refractivity contribution in [2.45, 2.75) is 57.4 Å². The van der Waals surface area contributed by atoms with Crippen LogP contribution in [0.5, 0.6) is 0 Å². The largest absolute Gasteiger partial charge is 0.481 e. The Labute approximate surface area is 153 Å². The smallest absolute Gasteiger partial charge is 0.303 e. The number of likely N-dealkylation sites (tertiary alicyclic amines) is 1. The molecule has 1 saturated heterocycles. The molecule has 0 radical (unpaired) electrons. The van der Waals surface area contributed by atoms with Gasteiger partial charge in [-0.15, -0.1) is 0 Å². The van der Waals surface area contributed by atoms with Crippen molar-refractivity contribution in [2.24, 2.45) is 0 Å². The Morgan fingerprint density at radius 3 is 2.73 bits per heavy atom. The molecule has 2 aliphatic rings. The minimum Gasteiger partial charge on any atom is -0.481 e. The maximum atomic E-state index is 12.8. The number of piperidine rings is 1. The fourth-order valence-electron chi connectivity index (χ4n) is 4.01. The summed E-state index contributed by atoms with van der Waals surface area (Å²) < 4.78 is 0. The number of carbonyl (C=O) groups excluding carboxylic acids is 2. The predicted molar refractivity (Wildman–Crippen MR) is 98.0 cm³/mol. The number of para-hydroxylation sites is 1. The van der Waals surface area contributed by atoms with Gasteiger partial charge in [0.2, 0.25) is 11.8 Å². The van der Waals surface area contributed by atoms with Gasteiger partial charge in [-0.25, -0.2) is 0 Å². The van der Waals surface area contributed by atoms with Crippen molar-refractivity contribution in [3.63, 3.8) is 0 Å². The van der Waals surface area contributed by atoms with E-state index in [1.807, 2.05) is 29.2 Å². The van der Waals surface area contributed by atoms with E-state index in [1.54, 1.807) is 4.90 Å². The Morgan fingerprint density at radius 1 is 1.12 bits per heavy atom. The van der Waals surface area contributed by atoms with Crippen molar-refractivity contribution < 1.29 is 19.5 Å². The molecule has 26 heavy (non-hydrogen) atoms. The number of aryl methyl sites for hydroxylation is 1. The van der Waals surface area contributed by atoms with Crippen LogP contribution in [0.25, 0.3) is 0 Å². The lowest BCUT2D eigenvalue weighted by Crippen LogP contribution is -2.45. The highest BCUT2D eigenvalue weighted by molar-refractivity contribution is 5.97. The second-order valence-electron chi connectivity index (χ2n) is 7.09. The van der Waals surface area contributed by atoms with Crippen LogP contribution in [-0.2, 0) is 20.8 Å². The number of carbonyl (C=O) groups is 3. The topological polar surface area (TPSA) is 77.9 Å². The van der Waals surface area contributed by atoms with Crippen LogP contribution in [0.4, 0.5) is 5.69 Å². The van der Waals surface area contributed by atoms with Gasteiger partial charge in [0.15, 0.2) is 0 Å². The van der Waals surface area contributed by atoms with Crippen LogP contribution in [0, 0.1) is 0 Å². The van der Waals surface area contributed by atoms with Gasteiger partial charge in [-0.3, -0.25) is 14.4 Å². The molecule has 0 spiro atoms. The van der Waals surface area contributed by atoms with Crippen molar-refractivity contribution >= 4 is 23.5 Å². The molecule has 3 rings (SSSR count). The Kier molecular flexibility index (Phi) is 5.91. The number of hydrogen-bond acceptors (Lipinski definition) is 3. The second kappa shape index (κ2) is 8.34. The highest BCUT2D eigenvalue weighted by atomic mass is 16.4. The first-order valence-electron chi connectivity index (χ1n) is 9.46. The fourth-order valence-corrected chi connectivity index (χ4v) is 4.01. The Balaban J connectivity index is 1.62. The van der Waals surface area contributed by atoms with Crippen LogP contribution in [0.2, 0.25) is 0 Å². The zero-order valence-corrected chi connectivity index (χ0v) is 15.0. The third-order valence-corrected chi connectivity index (χ3v) is 5.38. The van der Waals surface area contributed by atoms with Gasteiger partial charge >= 0.3 is 5.97 Å². The number of fused-ring (bicyclic) bond motifs is 1. The number of nitrogens with zero attached hydrogens (tertiary/aromatic N) is 2. The zero-order valence-electron chi connectivity index (χ0n) is 15.0. The molecule has 0 aromatic heterocycles. The summed E-state index contributed by atoms with van der Waals surface area (Å²) in [5.74, 6) is -0.730. The van der Waals surface area contributed by atoms with Crippen LogP contribution in [-0.4, -0.2) is 46.9 Å². The summed E-state index contributed by atoms with van der Waals surface area (Å²) in [4.78, 5) is 39.5. The van der Waals surface area contributed by atoms with Crippen molar-refractivity contribution in [1.29, 1.82) is 0 Å². The molecule has 1 N–H and O–H groups in total. The van der Waals surface area contributed by atoms with Crippen LogP contribution < -0.4 is 4.90 Å². The molecule has 1 aromatic carbocycles. The number of benzene rings is 1. The number of carboxylic acid groups (broad SMARTS) is 1. The monoisotopic (exact) mass is 358 g/mol. The average molecular weight is 358 g/mol. The van der Waals surface area contributed by atoms with E-state index >= 15 is 0 Å². The zero-order chi connectivity index (χ0) is 18.5. The van der Waals surface area contributed by atoms with Gasteiger partial charge < -0.3 is 14.9 Å². The van der Waals surface area contributed by atoms with Crippen molar-refractivity contribution in [1.82, 2.24) is 4.90 Å². The molecule has 1 atom stereocenters. The molecule has 0 aliphatic carbocycles. The third-order valence-electron chi connectivity index (χ3n) is 5.38. The first kappa shape index (κ1) is 18.4. The molecule has 140 valence electrons. The van der Waals surface area contributed by atoms with E-state index in [-0.39, 0.29) is 30.7 Å². The number of carboxylic acids is 1. The SMILES string of the molecule is O=C(O)CCC1CCCCN1C(=O)CCN1C(=O)CCc2ccccc21. The molecule has 0 saturated carbocycles. The van der Waals surface area contributed by atoms with Crippen molar-refractivity contribution in [2.75, 3.05) is 18.0 Å². The van der Waals surface area contributed by atoms with Crippen LogP contribution in [0.3, 0.4) is 0 Å². The summed E-state index contributed by atoms with van der Waals surface area (Å²) in [7, 11) is 0. The highest BCUT2D eigenvalue weighted by Gasteiger charge is 2.29. The summed E-state index contributed by atoms with van der Waals surface area (Å²) in [6.45, 7) is 1.07. The minimum atomic E-state index is -0.821. The molecule has 6 heteroatoms. The second-order valence-corrected chi connectivity index (χ2v) is 7.09. The molecule has 2 amide bonds. The Bertz CT molecular complexity index is 688. The number of hydrogen-bond donors (Lipinski definition) is 1. The Hall–Kier alpha value is -2.37. The van der Waals surface area contributed by atoms with E-state index < -0.39 is 5.97 Å². The lowest BCUT2D eigenvalue weighted by Gasteiger charge is -2.36. The average Bonchev–Trinajstić information content (AvgIpc) is 2.65. The summed E-state index contributed by atoms with van der Waals surface area (Å²) in [6, 6.07) is 7.87. The lowest BCUT2D eigenvalue weighted by atomic mass is 9.97. The molecule has 0 bridgehead atoms. The van der Waals surface area contributed by atoms with Gasteiger partial charge in [0.25, 0.3) is 0 Å². The highest BCUT2D eigenvalue weighted by Crippen LogP contribution is 2.28. The molecule has 1 unspecified atom stereocenters. The minimum absolute atomic E-state index is 0.0108. The quantitative estimate of drug-likeness (QED) is 0.848. The van der Waals surface area contributed by atoms with Gasteiger partial charge in [-0.1, -0.05) is 18.2 Å². The van der Waals surface area contributed by atoms with Crippen LogP contribution in [0.1, 0.15) is 50.5 Å². The van der Waals surface area contributed by atoms with E-state index in [0.717, 1.165) is 36.9 Å². The third kappa shape index (κ3) is 4.23. The number of aliphatic carboxylic acids is 1. The maximum absolute atomic E-state index is 12.8. The van der Waals surface area contributed by atoms with E-state index in [2.05, 4.69) is 0 Å². The lowest BCUT2D eigenvalue weighted by molar-refractivity contribution is -0.140. The van der Waals surface area contributed by atoms with E-state index in [4.69, 9.17) is 5.11 Å². The predicted octanol–water partition coefficient (Wildman–Crippen LogP) is 2.60. The Morgan fingerprint density at radius 2 is 1.92 bits per heavy atom. The van der Waals surface area contributed by atoms with Gasteiger partial charge in [0, 0.05) is 44.1 Å². The fraction of sp³-hybridized carbons (Fsp3) is 0.550. The van der Waals surface area contributed by atoms with Crippen molar-refractivity contribution in [3.05, 3.63) is 29.8 Å². The van der Waals surface area contributed by atoms with Gasteiger partial charge in [0.1, 0.15) is 0 Å². The summed E-state index contributed by atoms with van der Waals surface area (Å²) in [5.41, 5.74) is 2.06. The maximum Gasteiger partial charge on any atom is 0.303 e. The number of anilines is 1. The summed E-state index contributed by atoms with van der Waals surface area (Å²) in [5, 5.41) is 8.92. The number of rotatable bonds is 6. The van der Waals surface area contributed by atoms with Gasteiger partial charge in [0.05, 0.1) is 0 Å². The summed E-state index contributed by atoms with van der Waals surface area (Å²) >= 11 is 0. The van der Waals surface area contributed by atoms with E-state index in [9.17, 15) is 14.4 Å². The molecule has 2 heterocycles. The molecule has 1 fully saturated rings. The molecular weight excluding hydrogens is 332 g/mol. The standard InChI is InChI=1S/C20H26N2O4/c23-18-10-8-15-5-1-2-7-17(15)22(18)14-12-19(24)21-13-4-3-6-16(21)9-11-20(25)26/h1-2,5,7,16H,3-4,6,8-14H2,(H,25,26). The number of amides is 2. The molecule has 2 aliphatic heterocycles. The van der Waals surface area contributed by atoms with Crippen LogP contribution in [0.15, 0.2) is 24.3 Å². The van der Waals surface area contributed by atoms with E-state index in [0.29, 0.717) is 25.9 Å². The van der Waals surface area contributed by atoms with Gasteiger partial charge in [-0.2, -0.15) is 0 Å². The molecule has 6 nitrogen and oxygen atoms in total. The normalized spacial score (nSPS) is 20.0. The molecule has 1 aromatic rings. The van der Waals surface area contributed by atoms with Gasteiger partial charge in [-0.05, 0) is 43.7 Å². The summed E-state index contributed by atoms with van der Waals surface area (Å²) in [6.07, 6.45) is 4.97. The van der Waals surface area contributed by atoms with E-state index in [1.165, 1.54) is 0 Å². The first-order valence-corrected chi connectivity index (χ1v) is 9.46. The van der Waals surface area contributed by atoms with Crippen molar-refractivity contribution in [3.8, 4) is 0 Å². The molecular formula is C20H26N2O4.